The van der Waals surface area contributed by atoms with Gasteiger partial charge in [-0.15, -0.1) is 0 Å². The number of aryl methyl sites for hydroxylation is 1. The molecule has 1 aromatic rings. The van der Waals surface area contributed by atoms with Crippen molar-refractivity contribution in [1.82, 2.24) is 15.2 Å². The molecule has 2 heterocycles. The fourth-order valence-electron chi connectivity index (χ4n) is 2.65. The Labute approximate surface area is 121 Å². The quantitative estimate of drug-likeness (QED) is 0.862. The van der Waals surface area contributed by atoms with E-state index in [2.05, 4.69) is 29.0 Å². The highest BCUT2D eigenvalue weighted by atomic mass is 16.1. The molecule has 0 unspecified atom stereocenters. The second kappa shape index (κ2) is 7.39. The number of amides is 1. The maximum Gasteiger partial charge on any atom is 0.220 e. The lowest BCUT2D eigenvalue weighted by molar-refractivity contribution is -0.121. The predicted octanol–water partition coefficient (Wildman–Crippen LogP) is 1.86. The lowest BCUT2D eigenvalue weighted by atomic mass is 10.1. The fourth-order valence-corrected chi connectivity index (χ4v) is 2.65. The van der Waals surface area contributed by atoms with Gasteiger partial charge in [0.2, 0.25) is 5.91 Å². The van der Waals surface area contributed by atoms with Gasteiger partial charge in [0.15, 0.2) is 0 Å². The van der Waals surface area contributed by atoms with E-state index in [9.17, 15) is 4.79 Å². The van der Waals surface area contributed by atoms with Gasteiger partial charge in [-0.2, -0.15) is 0 Å². The first-order valence-electron chi connectivity index (χ1n) is 7.55. The van der Waals surface area contributed by atoms with Crippen LogP contribution in [0.15, 0.2) is 24.5 Å². The topological polar surface area (TPSA) is 45.2 Å². The average Bonchev–Trinajstić information content (AvgIpc) is 2.93. The van der Waals surface area contributed by atoms with E-state index in [1.54, 1.807) is 6.20 Å². The van der Waals surface area contributed by atoms with Crippen molar-refractivity contribution in [2.45, 2.75) is 39.2 Å². The second-order valence-corrected chi connectivity index (χ2v) is 5.91. The Balaban J connectivity index is 1.63. The normalized spacial score (nSPS) is 19.4. The largest absolute Gasteiger partial charge is 0.356 e. The number of aromatic nitrogens is 1. The van der Waals surface area contributed by atoms with Crippen molar-refractivity contribution in [3.63, 3.8) is 0 Å². The zero-order chi connectivity index (χ0) is 14.4. The van der Waals surface area contributed by atoms with Crippen LogP contribution < -0.4 is 5.32 Å². The number of rotatable bonds is 6. The Morgan fingerprint density at radius 2 is 2.40 bits per heavy atom. The Morgan fingerprint density at radius 1 is 1.55 bits per heavy atom. The average molecular weight is 275 g/mol. The molecule has 0 aliphatic carbocycles. The maximum atomic E-state index is 11.8. The van der Waals surface area contributed by atoms with Crippen molar-refractivity contribution in [3.05, 3.63) is 30.1 Å². The van der Waals surface area contributed by atoms with Gasteiger partial charge in [-0.1, -0.05) is 6.07 Å². The fraction of sp³-hybridized carbons (Fsp3) is 0.625. The number of nitrogens with zero attached hydrogens (tertiary/aromatic N) is 2. The molecular formula is C16H25N3O. The number of carbonyl (C=O) groups excluding carboxylic acids is 1. The van der Waals surface area contributed by atoms with Gasteiger partial charge in [0.05, 0.1) is 0 Å². The van der Waals surface area contributed by atoms with Crippen LogP contribution in [0.4, 0.5) is 0 Å². The zero-order valence-corrected chi connectivity index (χ0v) is 12.5. The van der Waals surface area contributed by atoms with E-state index < -0.39 is 0 Å². The molecule has 1 aromatic heterocycles. The lowest BCUT2D eigenvalue weighted by Gasteiger charge is -2.20. The molecule has 2 rings (SSSR count). The summed E-state index contributed by atoms with van der Waals surface area (Å²) >= 11 is 0. The SMILES string of the molecule is CC(C)N1CC[C@@H](CNC(=O)CCc2cccnc2)C1. The Hall–Kier alpha value is -1.42. The van der Waals surface area contributed by atoms with Crippen LogP contribution >= 0.6 is 0 Å². The van der Waals surface area contributed by atoms with E-state index in [1.807, 2.05) is 18.3 Å². The highest BCUT2D eigenvalue weighted by Crippen LogP contribution is 2.17. The van der Waals surface area contributed by atoms with Crippen LogP contribution in [0.5, 0.6) is 0 Å². The highest BCUT2D eigenvalue weighted by Gasteiger charge is 2.24. The number of hydrogen-bond donors (Lipinski definition) is 1. The molecule has 0 spiro atoms. The molecule has 20 heavy (non-hydrogen) atoms. The van der Waals surface area contributed by atoms with E-state index in [4.69, 9.17) is 0 Å². The third-order valence-corrected chi connectivity index (χ3v) is 4.00. The molecule has 1 aliphatic heterocycles. The predicted molar refractivity (Wildman–Crippen MR) is 80.4 cm³/mol. The number of pyridine rings is 1. The third kappa shape index (κ3) is 4.60. The van der Waals surface area contributed by atoms with Crippen LogP contribution in [0.3, 0.4) is 0 Å². The molecule has 4 nitrogen and oxygen atoms in total. The Bertz CT molecular complexity index is 419. The van der Waals surface area contributed by atoms with Gasteiger partial charge >= 0.3 is 0 Å². The molecule has 4 heteroatoms. The summed E-state index contributed by atoms with van der Waals surface area (Å²) in [5.41, 5.74) is 1.12. The van der Waals surface area contributed by atoms with Gasteiger partial charge in [0.1, 0.15) is 0 Å². The third-order valence-electron chi connectivity index (χ3n) is 4.00. The molecular weight excluding hydrogens is 250 g/mol. The van der Waals surface area contributed by atoms with Crippen molar-refractivity contribution >= 4 is 5.91 Å². The molecule has 1 fully saturated rings. The summed E-state index contributed by atoms with van der Waals surface area (Å²) < 4.78 is 0. The first kappa shape index (κ1) is 15.0. The van der Waals surface area contributed by atoms with E-state index in [0.29, 0.717) is 18.4 Å². The van der Waals surface area contributed by atoms with Crippen molar-refractivity contribution < 1.29 is 4.79 Å². The van der Waals surface area contributed by atoms with Crippen molar-refractivity contribution in [2.24, 2.45) is 5.92 Å². The Morgan fingerprint density at radius 3 is 3.05 bits per heavy atom. The maximum absolute atomic E-state index is 11.8. The molecule has 1 aliphatic rings. The van der Waals surface area contributed by atoms with E-state index in [0.717, 1.165) is 31.6 Å². The summed E-state index contributed by atoms with van der Waals surface area (Å²) in [5.74, 6) is 0.761. The minimum Gasteiger partial charge on any atom is -0.356 e. The summed E-state index contributed by atoms with van der Waals surface area (Å²) in [4.78, 5) is 18.4. The zero-order valence-electron chi connectivity index (χ0n) is 12.5. The van der Waals surface area contributed by atoms with Gasteiger partial charge in [-0.25, -0.2) is 0 Å². The second-order valence-electron chi connectivity index (χ2n) is 5.91. The van der Waals surface area contributed by atoms with Crippen LogP contribution in [0.25, 0.3) is 0 Å². The molecule has 1 atom stereocenters. The first-order chi connectivity index (χ1) is 9.65. The van der Waals surface area contributed by atoms with Crippen molar-refractivity contribution in [1.29, 1.82) is 0 Å². The monoisotopic (exact) mass is 275 g/mol. The summed E-state index contributed by atoms with van der Waals surface area (Å²) in [6.07, 6.45) is 6.09. The number of hydrogen-bond acceptors (Lipinski definition) is 3. The molecule has 1 saturated heterocycles. The number of nitrogens with one attached hydrogen (secondary N) is 1. The molecule has 0 bridgehead atoms. The standard InChI is InChI=1S/C16H25N3O/c1-13(2)19-9-7-15(12-19)11-18-16(20)6-5-14-4-3-8-17-10-14/h3-4,8,10,13,15H,5-7,9,11-12H2,1-2H3,(H,18,20)/t15-/m0/s1. The van der Waals surface area contributed by atoms with Gasteiger partial charge < -0.3 is 10.2 Å². The molecule has 0 aromatic carbocycles. The lowest BCUT2D eigenvalue weighted by Crippen LogP contribution is -2.33. The minimum atomic E-state index is 0.150. The van der Waals surface area contributed by atoms with Crippen LogP contribution in [0.1, 0.15) is 32.3 Å². The van der Waals surface area contributed by atoms with Gasteiger partial charge in [0, 0.05) is 37.9 Å². The van der Waals surface area contributed by atoms with Crippen LogP contribution in [-0.4, -0.2) is 41.5 Å². The highest BCUT2D eigenvalue weighted by molar-refractivity contribution is 5.76. The van der Waals surface area contributed by atoms with E-state index in [1.165, 1.54) is 6.42 Å². The first-order valence-corrected chi connectivity index (χ1v) is 7.55. The molecule has 110 valence electrons. The van der Waals surface area contributed by atoms with Crippen LogP contribution in [0, 0.1) is 5.92 Å². The van der Waals surface area contributed by atoms with Gasteiger partial charge in [-0.05, 0) is 50.8 Å². The van der Waals surface area contributed by atoms with Gasteiger partial charge in [0.25, 0.3) is 0 Å². The molecule has 0 radical (unpaired) electrons. The molecule has 1 amide bonds. The Kier molecular flexibility index (Phi) is 5.53. The number of likely N-dealkylation sites (tertiary alicyclic amines) is 1. The van der Waals surface area contributed by atoms with E-state index in [-0.39, 0.29) is 5.91 Å². The summed E-state index contributed by atoms with van der Waals surface area (Å²) in [6, 6.07) is 4.53. The minimum absolute atomic E-state index is 0.150. The van der Waals surface area contributed by atoms with E-state index >= 15 is 0 Å². The number of carbonyl (C=O) groups is 1. The van der Waals surface area contributed by atoms with Crippen molar-refractivity contribution in [3.8, 4) is 0 Å². The smallest absolute Gasteiger partial charge is 0.220 e. The van der Waals surface area contributed by atoms with Gasteiger partial charge in [-0.3, -0.25) is 9.78 Å². The van der Waals surface area contributed by atoms with Crippen molar-refractivity contribution in [2.75, 3.05) is 19.6 Å². The molecule has 1 N–H and O–H groups in total. The van der Waals surface area contributed by atoms with Crippen LogP contribution in [0.2, 0.25) is 0 Å². The summed E-state index contributed by atoms with van der Waals surface area (Å²) in [5, 5.41) is 3.07. The van der Waals surface area contributed by atoms with Crippen LogP contribution in [-0.2, 0) is 11.2 Å². The molecule has 0 saturated carbocycles. The summed E-state index contributed by atoms with van der Waals surface area (Å²) in [6.45, 7) is 7.55. The summed E-state index contributed by atoms with van der Waals surface area (Å²) in [7, 11) is 0.